The molecule has 5 nitrogen and oxygen atoms in total. The molecule has 0 aliphatic heterocycles. The quantitative estimate of drug-likeness (QED) is 0.303. The van der Waals surface area contributed by atoms with Crippen LogP contribution < -0.4 is 9.64 Å². The lowest BCUT2D eigenvalue weighted by Crippen LogP contribution is -2.12. The molecule has 4 aromatic carbocycles. The predicted octanol–water partition coefficient (Wildman–Crippen LogP) is 7.30. The van der Waals surface area contributed by atoms with Crippen LogP contribution in [0.3, 0.4) is 0 Å². The van der Waals surface area contributed by atoms with Crippen LogP contribution in [0.2, 0.25) is 0 Å². The minimum absolute atomic E-state index is 0.188. The van der Waals surface area contributed by atoms with Crippen molar-refractivity contribution >= 4 is 17.1 Å². The lowest BCUT2D eigenvalue weighted by molar-refractivity contribution is 0.446. The molecule has 0 heterocycles. The van der Waals surface area contributed by atoms with Crippen molar-refractivity contribution in [3.63, 3.8) is 0 Å². The van der Waals surface area contributed by atoms with Gasteiger partial charge in [0.15, 0.2) is 0 Å². The van der Waals surface area contributed by atoms with Crippen LogP contribution in [0.25, 0.3) is 0 Å². The number of nitrogens with zero attached hydrogens (tertiary/aromatic N) is 1. The summed E-state index contributed by atoms with van der Waals surface area (Å²) in [5, 5.41) is 30.0. The number of phenols is 3. The highest BCUT2D eigenvalue weighted by atomic mass is 16.5. The summed E-state index contributed by atoms with van der Waals surface area (Å²) in [6.45, 7) is 7.65. The number of hydrogen-bond donors (Lipinski definition) is 3. The highest BCUT2D eigenvalue weighted by molar-refractivity contribution is 5.81. The first-order valence-corrected chi connectivity index (χ1v) is 10.7. The van der Waals surface area contributed by atoms with Crippen molar-refractivity contribution in [3.8, 4) is 28.7 Å². The van der Waals surface area contributed by atoms with Crippen LogP contribution in [0.1, 0.15) is 22.3 Å². The molecule has 0 bridgehead atoms. The Labute approximate surface area is 193 Å². The number of aromatic hydroxyl groups is 3. The first-order valence-electron chi connectivity index (χ1n) is 10.7. The van der Waals surface area contributed by atoms with Crippen molar-refractivity contribution in [3.05, 3.63) is 95.1 Å². The van der Waals surface area contributed by atoms with Gasteiger partial charge in [0, 0.05) is 28.7 Å². The van der Waals surface area contributed by atoms with Crippen molar-refractivity contribution in [2.24, 2.45) is 0 Å². The number of hydrogen-bond acceptors (Lipinski definition) is 5. The number of rotatable bonds is 5. The van der Waals surface area contributed by atoms with Crippen molar-refractivity contribution < 1.29 is 20.1 Å². The summed E-state index contributed by atoms with van der Waals surface area (Å²) in [6, 6.07) is 21.7. The van der Waals surface area contributed by atoms with Gasteiger partial charge in [0.1, 0.15) is 28.7 Å². The lowest BCUT2D eigenvalue weighted by atomic mass is 10.1. The van der Waals surface area contributed by atoms with Gasteiger partial charge in [0.05, 0.1) is 0 Å². The molecule has 0 unspecified atom stereocenters. The van der Waals surface area contributed by atoms with Crippen molar-refractivity contribution in [1.82, 2.24) is 0 Å². The van der Waals surface area contributed by atoms with Crippen LogP contribution >= 0.6 is 0 Å². The molecule has 168 valence electrons. The molecular weight excluding hydrogens is 414 g/mol. The molecular formula is C28H27NO4. The third-order valence-corrected chi connectivity index (χ3v) is 5.71. The van der Waals surface area contributed by atoms with E-state index >= 15 is 0 Å². The molecule has 0 radical (unpaired) electrons. The van der Waals surface area contributed by atoms with E-state index in [1.54, 1.807) is 30.3 Å². The number of anilines is 3. The standard InChI is InChI=1S/C28H27NO4/c1-17-8-13-27(32)20(4)28(17)33-24-7-5-6-21(16-24)29(25-11-9-22(30)14-18(25)2)26-12-10-23(31)15-19(26)3/h5-16,30-32H,1-4H3. The van der Waals surface area contributed by atoms with E-state index in [0.29, 0.717) is 17.1 Å². The lowest BCUT2D eigenvalue weighted by Gasteiger charge is -2.29. The smallest absolute Gasteiger partial charge is 0.136 e. The minimum Gasteiger partial charge on any atom is -0.508 e. The van der Waals surface area contributed by atoms with Crippen molar-refractivity contribution in [2.45, 2.75) is 27.7 Å². The third-order valence-electron chi connectivity index (χ3n) is 5.71. The summed E-state index contributed by atoms with van der Waals surface area (Å²) in [5.74, 6) is 1.84. The Kier molecular flexibility index (Phi) is 5.88. The molecule has 33 heavy (non-hydrogen) atoms. The number of aryl methyl sites for hydroxylation is 3. The topological polar surface area (TPSA) is 73.2 Å². The molecule has 0 saturated carbocycles. The average Bonchev–Trinajstić information content (AvgIpc) is 2.77. The van der Waals surface area contributed by atoms with Gasteiger partial charge in [-0.15, -0.1) is 0 Å². The SMILES string of the molecule is Cc1cc(O)ccc1N(c1cccc(Oc2c(C)ccc(O)c2C)c1)c1ccc(O)cc1C. The Balaban J connectivity index is 1.84. The van der Waals surface area contributed by atoms with E-state index in [1.165, 1.54) is 0 Å². The van der Waals surface area contributed by atoms with Crippen LogP contribution in [0, 0.1) is 27.7 Å². The zero-order chi connectivity index (χ0) is 23.7. The van der Waals surface area contributed by atoms with Gasteiger partial charge < -0.3 is 25.0 Å². The first kappa shape index (κ1) is 22.1. The van der Waals surface area contributed by atoms with Crippen LogP contribution in [0.5, 0.6) is 28.7 Å². The second-order valence-corrected chi connectivity index (χ2v) is 8.23. The van der Waals surface area contributed by atoms with E-state index in [1.807, 2.05) is 70.2 Å². The molecule has 0 aliphatic carbocycles. The fourth-order valence-corrected chi connectivity index (χ4v) is 3.97. The summed E-state index contributed by atoms with van der Waals surface area (Å²) in [5.41, 5.74) is 6.04. The number of benzene rings is 4. The Morgan fingerprint density at radius 2 is 1.24 bits per heavy atom. The zero-order valence-electron chi connectivity index (χ0n) is 19.1. The summed E-state index contributed by atoms with van der Waals surface area (Å²) in [4.78, 5) is 2.07. The van der Waals surface area contributed by atoms with Gasteiger partial charge in [-0.3, -0.25) is 0 Å². The average molecular weight is 442 g/mol. The summed E-state index contributed by atoms with van der Waals surface area (Å²) < 4.78 is 6.22. The fourth-order valence-electron chi connectivity index (χ4n) is 3.97. The molecule has 4 aromatic rings. The van der Waals surface area contributed by atoms with E-state index in [9.17, 15) is 15.3 Å². The molecule has 0 aliphatic rings. The Morgan fingerprint density at radius 3 is 1.82 bits per heavy atom. The third kappa shape index (κ3) is 4.44. The Morgan fingerprint density at radius 1 is 0.636 bits per heavy atom. The zero-order valence-corrected chi connectivity index (χ0v) is 19.1. The van der Waals surface area contributed by atoms with Gasteiger partial charge >= 0.3 is 0 Å². The fraction of sp³-hybridized carbons (Fsp3) is 0.143. The second kappa shape index (κ2) is 8.79. The predicted molar refractivity (Wildman–Crippen MR) is 132 cm³/mol. The summed E-state index contributed by atoms with van der Waals surface area (Å²) in [6.07, 6.45) is 0. The molecule has 0 spiro atoms. The van der Waals surface area contributed by atoms with Gasteiger partial charge in [-0.25, -0.2) is 0 Å². The van der Waals surface area contributed by atoms with Gasteiger partial charge in [0.25, 0.3) is 0 Å². The van der Waals surface area contributed by atoms with Crippen LogP contribution in [0.15, 0.2) is 72.8 Å². The molecule has 0 atom stereocenters. The first-order chi connectivity index (χ1) is 15.7. The molecule has 0 saturated heterocycles. The van der Waals surface area contributed by atoms with E-state index in [2.05, 4.69) is 4.90 Å². The van der Waals surface area contributed by atoms with Gasteiger partial charge in [-0.2, -0.15) is 0 Å². The normalized spacial score (nSPS) is 10.8. The Hall–Kier alpha value is -4.12. The molecule has 0 amide bonds. The van der Waals surface area contributed by atoms with Crippen LogP contribution in [-0.2, 0) is 0 Å². The van der Waals surface area contributed by atoms with Crippen LogP contribution in [0.4, 0.5) is 17.1 Å². The maximum Gasteiger partial charge on any atom is 0.136 e. The van der Waals surface area contributed by atoms with E-state index < -0.39 is 0 Å². The van der Waals surface area contributed by atoms with Crippen molar-refractivity contribution in [2.75, 3.05) is 4.90 Å². The van der Waals surface area contributed by atoms with Gasteiger partial charge in [0.2, 0.25) is 0 Å². The van der Waals surface area contributed by atoms with E-state index in [4.69, 9.17) is 4.74 Å². The highest BCUT2D eigenvalue weighted by Gasteiger charge is 2.18. The van der Waals surface area contributed by atoms with Gasteiger partial charge in [-0.05, 0) is 99.0 Å². The second-order valence-electron chi connectivity index (χ2n) is 8.23. The summed E-state index contributed by atoms with van der Waals surface area (Å²) >= 11 is 0. The van der Waals surface area contributed by atoms with Crippen LogP contribution in [-0.4, -0.2) is 15.3 Å². The maximum absolute atomic E-state index is 10.1. The monoisotopic (exact) mass is 441 g/mol. The largest absolute Gasteiger partial charge is 0.508 e. The minimum atomic E-state index is 0.188. The Bertz CT molecular complexity index is 1280. The van der Waals surface area contributed by atoms with Gasteiger partial charge in [-0.1, -0.05) is 12.1 Å². The number of ether oxygens (including phenoxy) is 1. The number of phenolic OH excluding ortho intramolecular Hbond substituents is 3. The maximum atomic E-state index is 10.1. The molecule has 0 aromatic heterocycles. The highest BCUT2D eigenvalue weighted by Crippen LogP contribution is 2.42. The van der Waals surface area contributed by atoms with E-state index in [0.717, 1.165) is 33.8 Å². The molecule has 0 fully saturated rings. The van der Waals surface area contributed by atoms with Crippen molar-refractivity contribution in [1.29, 1.82) is 0 Å². The molecule has 3 N–H and O–H groups in total. The molecule has 4 rings (SSSR count). The van der Waals surface area contributed by atoms with E-state index in [-0.39, 0.29) is 17.2 Å². The molecule has 5 heteroatoms. The summed E-state index contributed by atoms with van der Waals surface area (Å²) in [7, 11) is 0.